The Labute approximate surface area is 218 Å². The van der Waals surface area contributed by atoms with Crippen LogP contribution in [-0.4, -0.2) is 65.2 Å². The van der Waals surface area contributed by atoms with Crippen molar-refractivity contribution >= 4 is 44.5 Å². The number of fused-ring (bicyclic) bond motifs is 1. The Bertz CT molecular complexity index is 1300. The summed E-state index contributed by atoms with van der Waals surface area (Å²) in [6.45, 7) is 6.35. The number of carbonyl (C=O) groups excluding carboxylic acids is 2. The van der Waals surface area contributed by atoms with Gasteiger partial charge in [0, 0.05) is 36.1 Å². The number of nitrogens with one attached hydrogen (secondary N) is 2. The third-order valence-corrected chi connectivity index (χ3v) is 7.31. The molecular weight excluding hydrogens is 496 g/mol. The number of sulfonamides is 1. The number of ether oxygens (including phenoxy) is 2. The number of carbonyl (C=O) groups is 2. The second-order valence-corrected chi connectivity index (χ2v) is 10.3. The molecule has 37 heavy (non-hydrogen) atoms. The lowest BCUT2D eigenvalue weighted by atomic mass is 10.0. The molecule has 0 saturated heterocycles. The van der Waals surface area contributed by atoms with Gasteiger partial charge in [0.1, 0.15) is 6.54 Å². The fourth-order valence-corrected chi connectivity index (χ4v) is 5.06. The van der Waals surface area contributed by atoms with Crippen LogP contribution in [-0.2, 0) is 19.6 Å². The summed E-state index contributed by atoms with van der Waals surface area (Å²) < 4.78 is 36.8. The zero-order chi connectivity index (χ0) is 27.3. The van der Waals surface area contributed by atoms with Crippen molar-refractivity contribution in [3.8, 4) is 11.5 Å². The molecular formula is C26H34N4O6S. The van der Waals surface area contributed by atoms with Gasteiger partial charge in [0.25, 0.3) is 5.91 Å². The van der Waals surface area contributed by atoms with Crippen LogP contribution in [0, 0.1) is 0 Å². The highest BCUT2D eigenvalue weighted by Gasteiger charge is 2.29. The predicted molar refractivity (Wildman–Crippen MR) is 146 cm³/mol. The second kappa shape index (κ2) is 11.5. The number of rotatable bonds is 11. The Balaban J connectivity index is 1.92. The monoisotopic (exact) mass is 530 g/mol. The van der Waals surface area contributed by atoms with Crippen LogP contribution in [0.15, 0.2) is 42.1 Å². The molecule has 0 fully saturated rings. The molecule has 0 unspecified atom stereocenters. The first-order chi connectivity index (χ1) is 17.6. The summed E-state index contributed by atoms with van der Waals surface area (Å²) in [5.74, 6) is 0.507. The molecule has 0 radical (unpaired) electrons. The maximum Gasteiger partial charge on any atom is 0.258 e. The number of anilines is 3. The van der Waals surface area contributed by atoms with Gasteiger partial charge >= 0.3 is 0 Å². The van der Waals surface area contributed by atoms with E-state index in [1.54, 1.807) is 41.3 Å². The highest BCUT2D eigenvalue weighted by Crippen LogP contribution is 2.42. The van der Waals surface area contributed by atoms with Crippen molar-refractivity contribution in [3.63, 3.8) is 0 Å². The number of likely N-dealkylation sites (N-methyl/N-ethyl adjacent to an activating group) is 1. The van der Waals surface area contributed by atoms with Gasteiger partial charge < -0.3 is 25.0 Å². The van der Waals surface area contributed by atoms with Gasteiger partial charge in [0.2, 0.25) is 15.9 Å². The molecule has 1 aliphatic rings. The smallest absolute Gasteiger partial charge is 0.258 e. The number of amides is 2. The summed E-state index contributed by atoms with van der Waals surface area (Å²) in [4.78, 5) is 27.1. The van der Waals surface area contributed by atoms with Crippen molar-refractivity contribution in [3.05, 3.63) is 47.7 Å². The number of benzene rings is 2. The average Bonchev–Trinajstić information content (AvgIpc) is 3.19. The van der Waals surface area contributed by atoms with Crippen LogP contribution in [0.2, 0.25) is 0 Å². The average molecular weight is 531 g/mol. The zero-order valence-corrected chi connectivity index (χ0v) is 22.9. The van der Waals surface area contributed by atoms with E-state index in [0.717, 1.165) is 10.6 Å². The van der Waals surface area contributed by atoms with Crippen LogP contribution >= 0.6 is 0 Å². The molecule has 0 aromatic heterocycles. The van der Waals surface area contributed by atoms with E-state index in [1.807, 2.05) is 20.8 Å². The van der Waals surface area contributed by atoms with E-state index in [-0.39, 0.29) is 18.4 Å². The highest BCUT2D eigenvalue weighted by molar-refractivity contribution is 7.92. The first-order valence-corrected chi connectivity index (χ1v) is 13.9. The normalized spacial score (nSPS) is 13.9. The van der Waals surface area contributed by atoms with Gasteiger partial charge in [0.15, 0.2) is 11.5 Å². The zero-order valence-electron chi connectivity index (χ0n) is 22.0. The number of allylic oxidation sites excluding steroid dienone is 1. The standard InChI is InChI=1S/C26H34N4O6S/c1-7-20(25-19-14-22(35-4)23(36-5)15-21(19)28-26(25)32)27-17-10-12-18(13-11-17)30(37(6,33)34)16-24(31)29(8-2)9-3/h10-15,27H,7-9,16H2,1-6H3,(H,28,32)/b25-20-. The Morgan fingerprint density at radius 2 is 1.59 bits per heavy atom. The van der Waals surface area contributed by atoms with E-state index in [2.05, 4.69) is 10.6 Å². The molecule has 0 aliphatic carbocycles. The van der Waals surface area contributed by atoms with E-state index < -0.39 is 10.0 Å². The summed E-state index contributed by atoms with van der Waals surface area (Å²) in [5.41, 5.74) is 3.54. The third kappa shape index (κ3) is 5.99. The lowest BCUT2D eigenvalue weighted by molar-refractivity contribution is -0.129. The van der Waals surface area contributed by atoms with Crippen LogP contribution in [0.5, 0.6) is 11.5 Å². The first kappa shape index (κ1) is 27.9. The van der Waals surface area contributed by atoms with Crippen molar-refractivity contribution in [1.29, 1.82) is 0 Å². The van der Waals surface area contributed by atoms with Gasteiger partial charge in [-0.25, -0.2) is 8.42 Å². The fraction of sp³-hybridized carbons (Fsp3) is 0.385. The Kier molecular flexibility index (Phi) is 8.69. The minimum absolute atomic E-state index is 0.246. The highest BCUT2D eigenvalue weighted by atomic mass is 32.2. The lowest BCUT2D eigenvalue weighted by Gasteiger charge is -2.26. The Hall–Kier alpha value is -3.73. The van der Waals surface area contributed by atoms with Crippen LogP contribution in [0.1, 0.15) is 32.8 Å². The number of nitrogens with zero attached hydrogens (tertiary/aromatic N) is 2. The molecule has 0 spiro atoms. The first-order valence-electron chi connectivity index (χ1n) is 12.0. The molecule has 1 aliphatic heterocycles. The van der Waals surface area contributed by atoms with Crippen LogP contribution in [0.3, 0.4) is 0 Å². The summed E-state index contributed by atoms with van der Waals surface area (Å²) in [6, 6.07) is 10.2. The number of hydrogen-bond acceptors (Lipinski definition) is 7. The van der Waals surface area contributed by atoms with Gasteiger partial charge in [-0.3, -0.25) is 13.9 Å². The van der Waals surface area contributed by atoms with Crippen molar-refractivity contribution in [2.75, 3.05) is 55.0 Å². The van der Waals surface area contributed by atoms with Gasteiger partial charge in [-0.2, -0.15) is 0 Å². The summed E-state index contributed by atoms with van der Waals surface area (Å²) in [5, 5.41) is 6.16. The summed E-state index contributed by atoms with van der Waals surface area (Å²) in [7, 11) is -0.621. The van der Waals surface area contributed by atoms with E-state index in [1.165, 1.54) is 14.2 Å². The van der Waals surface area contributed by atoms with E-state index in [4.69, 9.17) is 9.47 Å². The predicted octanol–water partition coefficient (Wildman–Crippen LogP) is 3.52. The van der Waals surface area contributed by atoms with Crippen LogP contribution in [0.25, 0.3) is 5.57 Å². The molecule has 1 heterocycles. The molecule has 11 heteroatoms. The second-order valence-electron chi connectivity index (χ2n) is 8.42. The van der Waals surface area contributed by atoms with Crippen molar-refractivity contribution in [2.24, 2.45) is 0 Å². The van der Waals surface area contributed by atoms with Gasteiger partial charge in [-0.05, 0) is 50.6 Å². The molecule has 0 bridgehead atoms. The molecule has 2 aromatic carbocycles. The van der Waals surface area contributed by atoms with E-state index in [9.17, 15) is 18.0 Å². The SMILES string of the molecule is CC/C(Nc1ccc(N(CC(=O)N(CC)CC)S(C)(=O)=O)cc1)=C1/C(=O)Nc2cc(OC)c(OC)cc21. The molecule has 2 N–H and O–H groups in total. The topological polar surface area (TPSA) is 117 Å². The van der Waals surface area contributed by atoms with Gasteiger partial charge in [-0.1, -0.05) is 6.92 Å². The Morgan fingerprint density at radius 3 is 2.11 bits per heavy atom. The minimum Gasteiger partial charge on any atom is -0.493 e. The number of hydrogen-bond donors (Lipinski definition) is 2. The van der Waals surface area contributed by atoms with Crippen molar-refractivity contribution in [1.82, 2.24) is 4.90 Å². The largest absolute Gasteiger partial charge is 0.493 e. The molecule has 2 aromatic rings. The quantitative estimate of drug-likeness (QED) is 0.427. The minimum atomic E-state index is -3.69. The van der Waals surface area contributed by atoms with Gasteiger partial charge in [0.05, 0.1) is 37.4 Å². The van der Waals surface area contributed by atoms with E-state index in [0.29, 0.717) is 64.9 Å². The fourth-order valence-electron chi connectivity index (χ4n) is 4.21. The maximum absolute atomic E-state index is 12.9. The Morgan fingerprint density at radius 1 is 1.00 bits per heavy atom. The molecule has 0 saturated carbocycles. The van der Waals surface area contributed by atoms with Crippen LogP contribution < -0.4 is 24.4 Å². The van der Waals surface area contributed by atoms with Gasteiger partial charge in [-0.15, -0.1) is 0 Å². The molecule has 3 rings (SSSR count). The number of methoxy groups -OCH3 is 2. The molecule has 200 valence electrons. The maximum atomic E-state index is 12.9. The van der Waals surface area contributed by atoms with Crippen molar-refractivity contribution < 1.29 is 27.5 Å². The molecule has 10 nitrogen and oxygen atoms in total. The third-order valence-electron chi connectivity index (χ3n) is 6.17. The lowest BCUT2D eigenvalue weighted by Crippen LogP contribution is -2.42. The molecule has 0 atom stereocenters. The van der Waals surface area contributed by atoms with Crippen LogP contribution in [0.4, 0.5) is 17.1 Å². The summed E-state index contributed by atoms with van der Waals surface area (Å²) in [6.07, 6.45) is 1.61. The van der Waals surface area contributed by atoms with E-state index >= 15 is 0 Å². The summed E-state index contributed by atoms with van der Waals surface area (Å²) >= 11 is 0. The van der Waals surface area contributed by atoms with Crippen molar-refractivity contribution in [2.45, 2.75) is 27.2 Å². The molecule has 2 amide bonds.